The minimum Gasteiger partial charge on any atom is -0.456 e. The van der Waals surface area contributed by atoms with Crippen LogP contribution < -0.4 is 5.43 Å². The molecule has 0 N–H and O–H groups in total. The summed E-state index contributed by atoms with van der Waals surface area (Å²) in [5.41, 5.74) is 1.67. The second-order valence-electron chi connectivity index (χ2n) is 3.94. The molecule has 0 bridgehead atoms. The first kappa shape index (κ1) is 10.5. The van der Waals surface area contributed by atoms with Crippen molar-refractivity contribution in [2.45, 2.75) is 6.42 Å². The van der Waals surface area contributed by atoms with Crippen LogP contribution in [0.3, 0.4) is 0 Å². The fraction of sp³-hybridized carbons (Fsp3) is 0.0714. The van der Waals surface area contributed by atoms with Crippen molar-refractivity contribution in [2.24, 2.45) is 0 Å². The molecule has 3 heteroatoms. The molecule has 3 rings (SSSR count). The molecule has 17 heavy (non-hydrogen) atoms. The third kappa shape index (κ3) is 1.87. The molecule has 0 fully saturated rings. The van der Waals surface area contributed by atoms with Gasteiger partial charge >= 0.3 is 0 Å². The Kier molecular flexibility index (Phi) is 2.48. The normalized spacial score (nSPS) is 14.3. The van der Waals surface area contributed by atoms with E-state index in [-0.39, 0.29) is 5.43 Å². The summed E-state index contributed by atoms with van der Waals surface area (Å²) in [6.07, 6.45) is 6.82. The molecule has 0 radical (unpaired) electrons. The summed E-state index contributed by atoms with van der Waals surface area (Å²) in [5.74, 6) is 0.662. The largest absolute Gasteiger partial charge is 0.456 e. The van der Waals surface area contributed by atoms with Crippen molar-refractivity contribution in [3.05, 3.63) is 62.9 Å². The molecule has 0 atom stereocenters. The number of fused-ring (bicyclic) bond motifs is 1. The van der Waals surface area contributed by atoms with Gasteiger partial charge in [-0.2, -0.15) is 0 Å². The van der Waals surface area contributed by atoms with E-state index >= 15 is 0 Å². The quantitative estimate of drug-likeness (QED) is 0.797. The number of rotatable bonds is 1. The average molecular weight is 289 g/mol. The Balaban J connectivity index is 2.24. The molecule has 0 spiro atoms. The molecule has 0 amide bonds. The Bertz CT molecular complexity index is 708. The molecule has 0 saturated carbocycles. The third-order valence-electron chi connectivity index (χ3n) is 2.78. The van der Waals surface area contributed by atoms with Gasteiger partial charge in [-0.15, -0.1) is 0 Å². The standard InChI is InChI=1S/C14H9BrO2/c15-10-5-6-13-11(7-10)12(16)8-14(17-13)9-3-1-2-4-9/h1-3,5-8H,4H2. The second-order valence-corrected chi connectivity index (χ2v) is 4.86. The lowest BCUT2D eigenvalue weighted by Crippen LogP contribution is -2.01. The summed E-state index contributed by atoms with van der Waals surface area (Å²) in [4.78, 5) is 12.0. The molecule has 0 unspecified atom stereocenters. The summed E-state index contributed by atoms with van der Waals surface area (Å²) in [7, 11) is 0. The van der Waals surface area contributed by atoms with Crippen molar-refractivity contribution in [1.29, 1.82) is 0 Å². The van der Waals surface area contributed by atoms with Crippen LogP contribution in [0.5, 0.6) is 0 Å². The van der Waals surface area contributed by atoms with Gasteiger partial charge in [0.05, 0.1) is 5.39 Å². The molecule has 2 aromatic rings. The van der Waals surface area contributed by atoms with Crippen LogP contribution in [0.4, 0.5) is 0 Å². The predicted molar refractivity (Wildman–Crippen MR) is 71.9 cm³/mol. The molecule has 1 aliphatic carbocycles. The molecule has 1 aromatic heterocycles. The summed E-state index contributed by atoms with van der Waals surface area (Å²) >= 11 is 3.35. The number of hydrogen-bond acceptors (Lipinski definition) is 2. The van der Waals surface area contributed by atoms with E-state index in [4.69, 9.17) is 4.42 Å². The highest BCUT2D eigenvalue weighted by atomic mass is 79.9. The maximum Gasteiger partial charge on any atom is 0.193 e. The zero-order valence-electron chi connectivity index (χ0n) is 8.94. The smallest absolute Gasteiger partial charge is 0.193 e. The molecule has 0 aliphatic heterocycles. The van der Waals surface area contributed by atoms with Gasteiger partial charge in [-0.25, -0.2) is 0 Å². The molecule has 0 saturated heterocycles. The molecule has 2 nitrogen and oxygen atoms in total. The monoisotopic (exact) mass is 288 g/mol. The molecule has 1 heterocycles. The molecular formula is C14H9BrO2. The van der Waals surface area contributed by atoms with E-state index in [9.17, 15) is 4.79 Å². The number of benzene rings is 1. The van der Waals surface area contributed by atoms with Crippen molar-refractivity contribution in [3.8, 4) is 0 Å². The van der Waals surface area contributed by atoms with Gasteiger partial charge in [0.25, 0.3) is 0 Å². The van der Waals surface area contributed by atoms with E-state index in [1.165, 1.54) is 0 Å². The second kappa shape index (κ2) is 4.00. The molecular weight excluding hydrogens is 280 g/mol. The highest BCUT2D eigenvalue weighted by Crippen LogP contribution is 2.25. The highest BCUT2D eigenvalue weighted by molar-refractivity contribution is 9.10. The van der Waals surface area contributed by atoms with Crippen molar-refractivity contribution in [2.75, 3.05) is 0 Å². The zero-order chi connectivity index (χ0) is 11.8. The van der Waals surface area contributed by atoms with Gasteiger partial charge in [-0.1, -0.05) is 34.2 Å². The van der Waals surface area contributed by atoms with E-state index in [0.717, 1.165) is 16.5 Å². The number of allylic oxidation sites excluding steroid dienone is 4. The first-order valence-corrected chi connectivity index (χ1v) is 6.13. The molecule has 84 valence electrons. The van der Waals surface area contributed by atoms with Gasteiger partial charge in [-0.3, -0.25) is 4.79 Å². The summed E-state index contributed by atoms with van der Waals surface area (Å²) in [5, 5.41) is 0.606. The van der Waals surface area contributed by atoms with Crippen LogP contribution in [0.1, 0.15) is 12.2 Å². The Morgan fingerprint density at radius 1 is 1.24 bits per heavy atom. The van der Waals surface area contributed by atoms with E-state index in [1.807, 2.05) is 30.4 Å². The lowest BCUT2D eigenvalue weighted by atomic mass is 10.1. The lowest BCUT2D eigenvalue weighted by Gasteiger charge is -2.03. The van der Waals surface area contributed by atoms with Crippen LogP contribution in [0, 0.1) is 0 Å². The maximum atomic E-state index is 12.0. The van der Waals surface area contributed by atoms with Crippen LogP contribution in [0.15, 0.2) is 56.2 Å². The minimum atomic E-state index is -0.00431. The van der Waals surface area contributed by atoms with Gasteiger partial charge in [0, 0.05) is 10.5 Å². The van der Waals surface area contributed by atoms with Crippen molar-refractivity contribution >= 4 is 32.5 Å². The van der Waals surface area contributed by atoms with Crippen LogP contribution in [0.25, 0.3) is 16.5 Å². The Labute approximate surface area is 106 Å². The van der Waals surface area contributed by atoms with Crippen molar-refractivity contribution in [1.82, 2.24) is 0 Å². The van der Waals surface area contributed by atoms with Gasteiger partial charge in [-0.05, 0) is 30.2 Å². The fourth-order valence-electron chi connectivity index (χ4n) is 1.92. The minimum absolute atomic E-state index is 0.00431. The van der Waals surface area contributed by atoms with Crippen LogP contribution in [0.2, 0.25) is 0 Å². The number of hydrogen-bond donors (Lipinski definition) is 0. The van der Waals surface area contributed by atoms with Crippen LogP contribution in [-0.4, -0.2) is 0 Å². The van der Waals surface area contributed by atoms with Crippen LogP contribution in [-0.2, 0) is 0 Å². The fourth-order valence-corrected chi connectivity index (χ4v) is 2.28. The van der Waals surface area contributed by atoms with E-state index in [2.05, 4.69) is 15.9 Å². The van der Waals surface area contributed by atoms with E-state index in [0.29, 0.717) is 16.7 Å². The SMILES string of the molecule is O=c1cc(C2=CC=CC2)oc2ccc(Br)cc12. The Morgan fingerprint density at radius 2 is 2.12 bits per heavy atom. The Hall–Kier alpha value is -1.61. The topological polar surface area (TPSA) is 30.2 Å². The number of halogens is 1. The van der Waals surface area contributed by atoms with Gasteiger partial charge in [0.15, 0.2) is 5.43 Å². The summed E-state index contributed by atoms with van der Waals surface area (Å²) in [6.45, 7) is 0. The average Bonchev–Trinajstić information content (AvgIpc) is 2.83. The first-order chi connectivity index (χ1) is 8.24. The third-order valence-corrected chi connectivity index (χ3v) is 3.27. The highest BCUT2D eigenvalue weighted by Gasteiger charge is 2.10. The zero-order valence-corrected chi connectivity index (χ0v) is 10.5. The van der Waals surface area contributed by atoms with E-state index < -0.39 is 0 Å². The van der Waals surface area contributed by atoms with Gasteiger partial charge in [0.1, 0.15) is 11.3 Å². The van der Waals surface area contributed by atoms with Crippen molar-refractivity contribution < 1.29 is 4.42 Å². The Morgan fingerprint density at radius 3 is 2.88 bits per heavy atom. The lowest BCUT2D eigenvalue weighted by molar-refractivity contribution is 0.584. The summed E-state index contributed by atoms with van der Waals surface area (Å²) in [6, 6.07) is 7.03. The first-order valence-electron chi connectivity index (χ1n) is 5.33. The van der Waals surface area contributed by atoms with Crippen molar-refractivity contribution in [3.63, 3.8) is 0 Å². The maximum absolute atomic E-state index is 12.0. The predicted octanol–water partition coefficient (Wildman–Crippen LogP) is 3.90. The van der Waals surface area contributed by atoms with E-state index in [1.54, 1.807) is 12.1 Å². The molecule has 1 aromatic carbocycles. The summed E-state index contributed by atoms with van der Waals surface area (Å²) < 4.78 is 6.63. The van der Waals surface area contributed by atoms with Gasteiger partial charge in [0.2, 0.25) is 0 Å². The van der Waals surface area contributed by atoms with Crippen LogP contribution >= 0.6 is 15.9 Å². The van der Waals surface area contributed by atoms with Gasteiger partial charge < -0.3 is 4.42 Å². The molecule has 1 aliphatic rings.